The molecule has 0 spiro atoms. The molecule has 1 atom stereocenters. The number of nitrogens with zero attached hydrogens (tertiary/aromatic N) is 1. The van der Waals surface area contributed by atoms with Gasteiger partial charge >= 0.3 is 12.0 Å². The van der Waals surface area contributed by atoms with Crippen LogP contribution < -0.4 is 10.6 Å². The maximum Gasteiger partial charge on any atom is 0.358 e. The van der Waals surface area contributed by atoms with Crippen LogP contribution in [-0.4, -0.2) is 29.4 Å². The van der Waals surface area contributed by atoms with Crippen LogP contribution in [0.3, 0.4) is 0 Å². The fraction of sp³-hybridized carbons (Fsp3) is 0.143. The fourth-order valence-electron chi connectivity index (χ4n) is 2.63. The van der Waals surface area contributed by atoms with Crippen molar-refractivity contribution in [3.8, 4) is 0 Å². The van der Waals surface area contributed by atoms with Crippen molar-refractivity contribution in [3.63, 3.8) is 0 Å². The minimum absolute atomic E-state index is 0.0745. The van der Waals surface area contributed by atoms with Crippen LogP contribution in [0.1, 0.15) is 29.1 Å². The predicted molar refractivity (Wildman–Crippen MR) is 104 cm³/mol. The van der Waals surface area contributed by atoms with Gasteiger partial charge < -0.3 is 10.1 Å². The molecule has 0 aliphatic heterocycles. The fourth-order valence-corrected chi connectivity index (χ4v) is 2.63. The Morgan fingerprint density at radius 3 is 2.43 bits per heavy atom. The van der Waals surface area contributed by atoms with Crippen LogP contribution in [-0.2, 0) is 9.53 Å². The normalized spacial score (nSPS) is 11.5. The smallest absolute Gasteiger partial charge is 0.358 e. The first-order valence-corrected chi connectivity index (χ1v) is 8.79. The Morgan fingerprint density at radius 1 is 0.964 bits per heavy atom. The summed E-state index contributed by atoms with van der Waals surface area (Å²) in [5.74, 6) is -1.50. The second-order valence-corrected chi connectivity index (χ2v) is 5.93. The number of urea groups is 1. The van der Waals surface area contributed by atoms with Crippen LogP contribution in [0.4, 0.5) is 4.79 Å². The number of fused-ring (bicyclic) bond motifs is 1. The monoisotopic (exact) mass is 377 g/mol. The average Bonchev–Trinajstić information content (AvgIpc) is 2.72. The van der Waals surface area contributed by atoms with E-state index >= 15 is 0 Å². The molecule has 0 aliphatic rings. The van der Waals surface area contributed by atoms with E-state index in [4.69, 9.17) is 4.74 Å². The van der Waals surface area contributed by atoms with Gasteiger partial charge in [0.1, 0.15) is 5.69 Å². The Labute approximate surface area is 161 Å². The van der Waals surface area contributed by atoms with Crippen molar-refractivity contribution >= 4 is 28.8 Å². The maximum atomic E-state index is 12.6. The summed E-state index contributed by atoms with van der Waals surface area (Å²) >= 11 is 0. The molecule has 0 bridgehead atoms. The van der Waals surface area contributed by atoms with E-state index in [9.17, 15) is 14.4 Å². The van der Waals surface area contributed by atoms with Crippen LogP contribution in [0.5, 0.6) is 0 Å². The summed E-state index contributed by atoms with van der Waals surface area (Å²) in [6, 6.07) is 18.5. The number of aromatic nitrogens is 1. The highest BCUT2D eigenvalue weighted by Gasteiger charge is 2.27. The SMILES string of the molecule is CCNC(=O)NC(=O)[C@@H](OC(=O)c1ccc2ccccc2n1)c1ccccc1. The van der Waals surface area contributed by atoms with E-state index in [1.54, 1.807) is 49.4 Å². The number of esters is 1. The number of rotatable bonds is 5. The third kappa shape index (κ3) is 4.50. The van der Waals surface area contributed by atoms with Gasteiger partial charge in [-0.05, 0) is 19.1 Å². The maximum absolute atomic E-state index is 12.6. The number of pyridine rings is 1. The molecule has 1 heterocycles. The Kier molecular flexibility index (Phi) is 5.96. The zero-order chi connectivity index (χ0) is 19.9. The minimum atomic E-state index is -1.29. The highest BCUT2D eigenvalue weighted by molar-refractivity contribution is 5.99. The number of imide groups is 1. The highest BCUT2D eigenvalue weighted by atomic mass is 16.5. The summed E-state index contributed by atoms with van der Waals surface area (Å²) in [7, 11) is 0. The van der Waals surface area contributed by atoms with E-state index < -0.39 is 24.0 Å². The van der Waals surface area contributed by atoms with Gasteiger partial charge in [0.2, 0.25) is 6.10 Å². The Bertz CT molecular complexity index is 1000. The van der Waals surface area contributed by atoms with Gasteiger partial charge in [0.25, 0.3) is 5.91 Å². The molecule has 7 heteroatoms. The number of amides is 3. The summed E-state index contributed by atoms with van der Waals surface area (Å²) in [5.41, 5.74) is 1.16. The number of hydrogen-bond acceptors (Lipinski definition) is 5. The zero-order valence-corrected chi connectivity index (χ0v) is 15.2. The largest absolute Gasteiger partial charge is 0.443 e. The number of carbonyl (C=O) groups excluding carboxylic acids is 3. The Balaban J connectivity index is 1.84. The highest BCUT2D eigenvalue weighted by Crippen LogP contribution is 2.20. The lowest BCUT2D eigenvalue weighted by molar-refractivity contribution is -0.129. The van der Waals surface area contributed by atoms with Crippen molar-refractivity contribution in [2.24, 2.45) is 0 Å². The molecule has 0 fully saturated rings. The molecule has 0 unspecified atom stereocenters. The van der Waals surface area contributed by atoms with Crippen LogP contribution in [0, 0.1) is 0 Å². The molecule has 0 aliphatic carbocycles. The molecule has 0 saturated heterocycles. The quantitative estimate of drug-likeness (QED) is 0.666. The summed E-state index contributed by atoms with van der Waals surface area (Å²) in [5, 5.41) is 5.53. The Hall–Kier alpha value is -3.74. The van der Waals surface area contributed by atoms with Crippen LogP contribution >= 0.6 is 0 Å². The van der Waals surface area contributed by atoms with Crippen LogP contribution in [0.15, 0.2) is 66.7 Å². The molecule has 0 saturated carbocycles. The van der Waals surface area contributed by atoms with E-state index in [0.29, 0.717) is 17.6 Å². The van der Waals surface area contributed by atoms with Gasteiger partial charge in [-0.15, -0.1) is 0 Å². The van der Waals surface area contributed by atoms with Gasteiger partial charge in [-0.1, -0.05) is 54.6 Å². The second kappa shape index (κ2) is 8.77. The van der Waals surface area contributed by atoms with Crippen molar-refractivity contribution in [1.29, 1.82) is 0 Å². The summed E-state index contributed by atoms with van der Waals surface area (Å²) < 4.78 is 5.42. The van der Waals surface area contributed by atoms with E-state index in [1.165, 1.54) is 6.07 Å². The second-order valence-electron chi connectivity index (χ2n) is 5.93. The van der Waals surface area contributed by atoms with E-state index in [2.05, 4.69) is 15.6 Å². The van der Waals surface area contributed by atoms with Crippen molar-refractivity contribution in [2.75, 3.05) is 6.54 Å². The summed E-state index contributed by atoms with van der Waals surface area (Å²) in [4.78, 5) is 41.1. The van der Waals surface area contributed by atoms with Gasteiger partial charge in [-0.25, -0.2) is 14.6 Å². The molecule has 142 valence electrons. The molecule has 0 radical (unpaired) electrons. The number of para-hydroxylation sites is 1. The van der Waals surface area contributed by atoms with Crippen LogP contribution in [0.2, 0.25) is 0 Å². The number of benzene rings is 2. The lowest BCUT2D eigenvalue weighted by atomic mass is 10.1. The van der Waals surface area contributed by atoms with Gasteiger partial charge in [0.15, 0.2) is 0 Å². The summed E-state index contributed by atoms with van der Waals surface area (Å²) in [6.07, 6.45) is -1.29. The molecular formula is C21H19N3O4. The Morgan fingerprint density at radius 2 is 1.68 bits per heavy atom. The average molecular weight is 377 g/mol. The topological polar surface area (TPSA) is 97.4 Å². The molecule has 7 nitrogen and oxygen atoms in total. The van der Waals surface area contributed by atoms with Crippen molar-refractivity contribution in [2.45, 2.75) is 13.0 Å². The molecule has 1 aromatic heterocycles. The molecule has 3 amide bonds. The number of ether oxygens (including phenoxy) is 1. The van der Waals surface area contributed by atoms with E-state index in [0.717, 1.165) is 5.39 Å². The molecule has 2 N–H and O–H groups in total. The lowest BCUT2D eigenvalue weighted by Crippen LogP contribution is -2.42. The van der Waals surface area contributed by atoms with Gasteiger partial charge in [-0.2, -0.15) is 0 Å². The standard InChI is InChI=1S/C21H19N3O4/c1-2-22-21(27)24-19(25)18(15-9-4-3-5-10-15)28-20(26)17-13-12-14-8-6-7-11-16(14)23-17/h3-13,18H,2H2,1H3,(H2,22,24,25,27)/t18-/m0/s1. The van der Waals surface area contributed by atoms with Gasteiger partial charge in [-0.3, -0.25) is 10.1 Å². The van der Waals surface area contributed by atoms with Crippen molar-refractivity contribution in [1.82, 2.24) is 15.6 Å². The predicted octanol–water partition coefficient (Wildman–Crippen LogP) is 2.98. The van der Waals surface area contributed by atoms with Crippen molar-refractivity contribution in [3.05, 3.63) is 78.0 Å². The molecule has 2 aromatic carbocycles. The van der Waals surface area contributed by atoms with Crippen LogP contribution in [0.25, 0.3) is 10.9 Å². The third-order valence-corrected chi connectivity index (χ3v) is 3.95. The zero-order valence-electron chi connectivity index (χ0n) is 15.2. The van der Waals surface area contributed by atoms with Gasteiger partial charge in [0, 0.05) is 17.5 Å². The number of hydrogen-bond donors (Lipinski definition) is 2. The minimum Gasteiger partial charge on any atom is -0.443 e. The molecule has 3 rings (SSSR count). The summed E-state index contributed by atoms with van der Waals surface area (Å²) in [6.45, 7) is 2.08. The number of carbonyl (C=O) groups is 3. The molecule has 28 heavy (non-hydrogen) atoms. The van der Waals surface area contributed by atoms with Crippen molar-refractivity contribution < 1.29 is 19.1 Å². The van der Waals surface area contributed by atoms with E-state index in [-0.39, 0.29) is 5.69 Å². The van der Waals surface area contributed by atoms with E-state index in [1.807, 2.05) is 18.2 Å². The first kappa shape index (κ1) is 19.0. The lowest BCUT2D eigenvalue weighted by Gasteiger charge is -2.17. The van der Waals surface area contributed by atoms with Gasteiger partial charge in [0.05, 0.1) is 5.52 Å². The third-order valence-electron chi connectivity index (χ3n) is 3.95. The number of nitrogens with one attached hydrogen (secondary N) is 2. The molecular weight excluding hydrogens is 358 g/mol. The molecule has 3 aromatic rings. The first-order valence-electron chi connectivity index (χ1n) is 8.79. The first-order chi connectivity index (χ1) is 13.6.